The molecular weight excluding hydrogens is 262 g/mol. The lowest BCUT2D eigenvalue weighted by atomic mass is 9.88. The van der Waals surface area contributed by atoms with Crippen molar-refractivity contribution in [2.24, 2.45) is 11.3 Å². The molecular formula is C17H25N3O. The smallest absolute Gasteiger partial charge is 0.226 e. The lowest BCUT2D eigenvalue weighted by Crippen LogP contribution is -2.23. The molecule has 0 aliphatic rings. The van der Waals surface area contributed by atoms with Gasteiger partial charge in [0.15, 0.2) is 0 Å². The third-order valence-corrected chi connectivity index (χ3v) is 3.36. The molecule has 0 aromatic heterocycles. The van der Waals surface area contributed by atoms with E-state index in [1.54, 1.807) is 0 Å². The van der Waals surface area contributed by atoms with Gasteiger partial charge in [0.2, 0.25) is 5.91 Å². The van der Waals surface area contributed by atoms with Crippen molar-refractivity contribution in [2.45, 2.75) is 40.5 Å². The number of nitriles is 1. The van der Waals surface area contributed by atoms with Crippen molar-refractivity contribution in [1.29, 1.82) is 5.26 Å². The Labute approximate surface area is 127 Å². The SMILES string of the molecule is CC(C)C(=O)Nc1ccc(NCC(C)(C)CCC#N)cc1. The minimum atomic E-state index is -0.0243. The second kappa shape index (κ2) is 7.68. The molecule has 0 radical (unpaired) electrons. The Morgan fingerprint density at radius 2 is 1.81 bits per heavy atom. The summed E-state index contributed by atoms with van der Waals surface area (Å²) in [4.78, 5) is 11.6. The molecule has 1 amide bonds. The lowest BCUT2D eigenvalue weighted by Gasteiger charge is -2.24. The molecule has 0 heterocycles. The summed E-state index contributed by atoms with van der Waals surface area (Å²) in [5, 5.41) is 14.9. The van der Waals surface area contributed by atoms with E-state index >= 15 is 0 Å². The van der Waals surface area contributed by atoms with E-state index in [0.29, 0.717) is 6.42 Å². The van der Waals surface area contributed by atoms with Gasteiger partial charge in [-0.2, -0.15) is 5.26 Å². The summed E-state index contributed by atoms with van der Waals surface area (Å²) in [5.74, 6) is -0.00270. The van der Waals surface area contributed by atoms with E-state index in [9.17, 15) is 4.79 Å². The number of benzene rings is 1. The molecule has 0 saturated heterocycles. The number of nitrogens with zero attached hydrogens (tertiary/aromatic N) is 1. The van der Waals surface area contributed by atoms with Crippen LogP contribution < -0.4 is 10.6 Å². The number of rotatable bonds is 7. The van der Waals surface area contributed by atoms with Gasteiger partial charge in [-0.3, -0.25) is 4.79 Å². The van der Waals surface area contributed by atoms with E-state index in [1.807, 2.05) is 38.1 Å². The van der Waals surface area contributed by atoms with Gasteiger partial charge in [-0.15, -0.1) is 0 Å². The zero-order chi connectivity index (χ0) is 15.9. The van der Waals surface area contributed by atoms with Gasteiger partial charge in [0.05, 0.1) is 6.07 Å². The zero-order valence-electron chi connectivity index (χ0n) is 13.4. The summed E-state index contributed by atoms with van der Waals surface area (Å²) in [6.07, 6.45) is 1.45. The third kappa shape index (κ3) is 6.31. The predicted molar refractivity (Wildman–Crippen MR) is 87.0 cm³/mol. The largest absolute Gasteiger partial charge is 0.385 e. The summed E-state index contributed by atoms with van der Waals surface area (Å²) in [6.45, 7) is 8.85. The fourth-order valence-corrected chi connectivity index (χ4v) is 1.78. The highest BCUT2D eigenvalue weighted by atomic mass is 16.1. The van der Waals surface area contributed by atoms with Gasteiger partial charge < -0.3 is 10.6 Å². The van der Waals surface area contributed by atoms with Crippen molar-refractivity contribution in [2.75, 3.05) is 17.2 Å². The van der Waals surface area contributed by atoms with Gasteiger partial charge in [-0.05, 0) is 36.1 Å². The van der Waals surface area contributed by atoms with E-state index in [0.717, 1.165) is 24.3 Å². The fourth-order valence-electron chi connectivity index (χ4n) is 1.78. The number of amides is 1. The van der Waals surface area contributed by atoms with Crippen molar-refractivity contribution in [3.63, 3.8) is 0 Å². The molecule has 4 heteroatoms. The van der Waals surface area contributed by atoms with E-state index in [4.69, 9.17) is 5.26 Å². The van der Waals surface area contributed by atoms with Crippen LogP contribution in [0.1, 0.15) is 40.5 Å². The Bertz CT molecular complexity index is 498. The van der Waals surface area contributed by atoms with Gasteiger partial charge in [0.25, 0.3) is 0 Å². The van der Waals surface area contributed by atoms with Crippen molar-refractivity contribution in [3.8, 4) is 6.07 Å². The van der Waals surface area contributed by atoms with Crippen molar-refractivity contribution in [1.82, 2.24) is 0 Å². The predicted octanol–water partition coefficient (Wildman–Crippen LogP) is 4.02. The van der Waals surface area contributed by atoms with Gasteiger partial charge in [-0.1, -0.05) is 27.7 Å². The van der Waals surface area contributed by atoms with E-state index in [1.165, 1.54) is 0 Å². The molecule has 0 bridgehead atoms. The van der Waals surface area contributed by atoms with E-state index in [2.05, 4.69) is 30.6 Å². The van der Waals surface area contributed by atoms with Crippen LogP contribution in [0.2, 0.25) is 0 Å². The first kappa shape index (κ1) is 17.0. The maximum Gasteiger partial charge on any atom is 0.226 e. The Morgan fingerprint density at radius 1 is 1.24 bits per heavy atom. The number of carbonyl (C=O) groups is 1. The normalized spacial score (nSPS) is 11.0. The summed E-state index contributed by atoms with van der Waals surface area (Å²) in [7, 11) is 0. The number of hydrogen-bond acceptors (Lipinski definition) is 3. The topological polar surface area (TPSA) is 64.9 Å². The highest BCUT2D eigenvalue weighted by Gasteiger charge is 2.17. The summed E-state index contributed by atoms with van der Waals surface area (Å²) >= 11 is 0. The Kier molecular flexibility index (Phi) is 6.23. The highest BCUT2D eigenvalue weighted by molar-refractivity contribution is 5.92. The molecule has 0 spiro atoms. The second-order valence-corrected chi connectivity index (χ2v) is 6.40. The number of anilines is 2. The molecule has 0 aliphatic heterocycles. The third-order valence-electron chi connectivity index (χ3n) is 3.36. The molecule has 1 aromatic carbocycles. The quantitative estimate of drug-likeness (QED) is 0.796. The second-order valence-electron chi connectivity index (χ2n) is 6.40. The zero-order valence-corrected chi connectivity index (χ0v) is 13.4. The molecule has 0 fully saturated rings. The van der Waals surface area contributed by atoms with Gasteiger partial charge in [0.1, 0.15) is 0 Å². The molecule has 21 heavy (non-hydrogen) atoms. The van der Waals surface area contributed by atoms with E-state index < -0.39 is 0 Å². The van der Waals surface area contributed by atoms with Crippen molar-refractivity contribution < 1.29 is 4.79 Å². The maximum absolute atomic E-state index is 11.6. The van der Waals surface area contributed by atoms with Crippen LogP contribution in [-0.4, -0.2) is 12.5 Å². The number of nitrogens with one attached hydrogen (secondary N) is 2. The Hall–Kier alpha value is -2.02. The molecule has 0 saturated carbocycles. The van der Waals surface area contributed by atoms with Crippen LogP contribution in [0, 0.1) is 22.7 Å². The summed E-state index contributed by atoms with van der Waals surface area (Å²) in [6, 6.07) is 9.89. The Morgan fingerprint density at radius 3 is 2.33 bits per heavy atom. The lowest BCUT2D eigenvalue weighted by molar-refractivity contribution is -0.118. The van der Waals surface area contributed by atoms with E-state index in [-0.39, 0.29) is 17.2 Å². The van der Waals surface area contributed by atoms with Gasteiger partial charge in [0, 0.05) is 30.3 Å². The first-order valence-corrected chi connectivity index (χ1v) is 7.36. The van der Waals surface area contributed by atoms with Crippen LogP contribution in [-0.2, 0) is 4.79 Å². The minimum Gasteiger partial charge on any atom is -0.385 e. The van der Waals surface area contributed by atoms with Crippen LogP contribution in [0.5, 0.6) is 0 Å². The van der Waals surface area contributed by atoms with Crippen LogP contribution in [0.25, 0.3) is 0 Å². The maximum atomic E-state index is 11.6. The van der Waals surface area contributed by atoms with Gasteiger partial charge in [-0.25, -0.2) is 0 Å². The minimum absolute atomic E-state index is 0.0216. The van der Waals surface area contributed by atoms with Crippen molar-refractivity contribution >= 4 is 17.3 Å². The van der Waals surface area contributed by atoms with Crippen molar-refractivity contribution in [3.05, 3.63) is 24.3 Å². The van der Waals surface area contributed by atoms with Crippen LogP contribution in [0.4, 0.5) is 11.4 Å². The van der Waals surface area contributed by atoms with Crippen LogP contribution >= 0.6 is 0 Å². The first-order valence-electron chi connectivity index (χ1n) is 7.36. The molecule has 0 unspecified atom stereocenters. The molecule has 1 rings (SSSR count). The Balaban J connectivity index is 2.51. The molecule has 114 valence electrons. The standard InChI is InChI=1S/C17H25N3O/c1-13(2)16(21)20-15-8-6-14(7-9-15)19-12-17(3,4)10-5-11-18/h6-9,13,19H,5,10,12H2,1-4H3,(H,20,21). The van der Waals surface area contributed by atoms with Crippen LogP contribution in [0.3, 0.4) is 0 Å². The fraction of sp³-hybridized carbons (Fsp3) is 0.529. The average Bonchev–Trinajstić information content (AvgIpc) is 2.44. The summed E-state index contributed by atoms with van der Waals surface area (Å²) < 4.78 is 0. The molecule has 1 aromatic rings. The molecule has 0 aliphatic carbocycles. The van der Waals surface area contributed by atoms with Gasteiger partial charge >= 0.3 is 0 Å². The molecule has 2 N–H and O–H groups in total. The highest BCUT2D eigenvalue weighted by Crippen LogP contribution is 2.23. The average molecular weight is 287 g/mol. The van der Waals surface area contributed by atoms with Crippen LogP contribution in [0.15, 0.2) is 24.3 Å². The number of hydrogen-bond donors (Lipinski definition) is 2. The monoisotopic (exact) mass is 287 g/mol. The molecule has 4 nitrogen and oxygen atoms in total. The summed E-state index contributed by atoms with van der Waals surface area (Å²) in [5.41, 5.74) is 1.91. The first-order chi connectivity index (χ1) is 9.84. The number of carbonyl (C=O) groups excluding carboxylic acids is 1. The molecule has 0 atom stereocenters.